The van der Waals surface area contributed by atoms with Gasteiger partial charge in [-0.05, 0) is 33.3 Å². The van der Waals surface area contributed by atoms with Gasteiger partial charge < -0.3 is 10.2 Å². The van der Waals surface area contributed by atoms with Crippen LogP contribution in [0.5, 0.6) is 0 Å². The van der Waals surface area contributed by atoms with Gasteiger partial charge in [0.25, 0.3) is 0 Å². The van der Waals surface area contributed by atoms with Crippen LogP contribution >= 0.6 is 0 Å². The molecule has 0 aromatic heterocycles. The average Bonchev–Trinajstić information content (AvgIpc) is 2.29. The fourth-order valence-corrected chi connectivity index (χ4v) is 1.78. The first kappa shape index (κ1) is 16.2. The zero-order chi connectivity index (χ0) is 15.3. The zero-order valence-corrected chi connectivity index (χ0v) is 13.0. The van der Waals surface area contributed by atoms with Gasteiger partial charge in [-0.2, -0.15) is 0 Å². The summed E-state index contributed by atoms with van der Waals surface area (Å²) in [6.45, 7) is 7.84. The summed E-state index contributed by atoms with van der Waals surface area (Å²) in [5.41, 5.74) is 1.85. The van der Waals surface area contributed by atoms with Crippen LogP contribution in [0.4, 0.5) is 0 Å². The number of benzene rings is 1. The maximum absolute atomic E-state index is 12.0. The van der Waals surface area contributed by atoms with Crippen LogP contribution in [0.1, 0.15) is 31.9 Å². The van der Waals surface area contributed by atoms with Crippen LogP contribution in [-0.4, -0.2) is 35.8 Å². The van der Waals surface area contributed by atoms with E-state index in [-0.39, 0.29) is 23.9 Å². The minimum absolute atomic E-state index is 0.0575. The number of nitrogens with one attached hydrogen (secondary N) is 1. The lowest BCUT2D eigenvalue weighted by molar-refractivity contribution is -0.134. The highest BCUT2D eigenvalue weighted by Gasteiger charge is 2.17. The standard InChI is InChI=1S/C16H24N2O2/c1-12-6-8-13(9-7-12)10-15(20)18(5)11-14(19)17-16(2,3)4/h6-9H,10-11H2,1-5H3,(H,17,19). The average molecular weight is 276 g/mol. The Hall–Kier alpha value is -1.84. The Morgan fingerprint density at radius 2 is 1.70 bits per heavy atom. The van der Waals surface area contributed by atoms with E-state index in [9.17, 15) is 9.59 Å². The molecule has 4 nitrogen and oxygen atoms in total. The first-order chi connectivity index (χ1) is 9.17. The molecule has 2 amide bonds. The summed E-state index contributed by atoms with van der Waals surface area (Å²) < 4.78 is 0. The second-order valence-electron chi connectivity index (χ2n) is 6.21. The van der Waals surface area contributed by atoms with Crippen LogP contribution < -0.4 is 5.32 Å². The number of carbonyl (C=O) groups excluding carboxylic acids is 2. The van der Waals surface area contributed by atoms with Gasteiger partial charge in [-0.3, -0.25) is 9.59 Å². The van der Waals surface area contributed by atoms with E-state index in [4.69, 9.17) is 0 Å². The van der Waals surface area contributed by atoms with E-state index in [0.717, 1.165) is 5.56 Å². The third-order valence-electron chi connectivity index (χ3n) is 2.80. The van der Waals surface area contributed by atoms with E-state index in [0.29, 0.717) is 6.42 Å². The number of likely N-dealkylation sites (N-methyl/N-ethyl adjacent to an activating group) is 1. The maximum atomic E-state index is 12.0. The number of hydrogen-bond acceptors (Lipinski definition) is 2. The molecular formula is C16H24N2O2. The third-order valence-corrected chi connectivity index (χ3v) is 2.80. The van der Waals surface area contributed by atoms with Gasteiger partial charge in [0.15, 0.2) is 0 Å². The highest BCUT2D eigenvalue weighted by molar-refractivity contribution is 5.85. The van der Waals surface area contributed by atoms with Crippen molar-refractivity contribution >= 4 is 11.8 Å². The Labute approximate surface area is 121 Å². The van der Waals surface area contributed by atoms with Crippen molar-refractivity contribution in [3.8, 4) is 0 Å². The Morgan fingerprint density at radius 1 is 1.15 bits per heavy atom. The van der Waals surface area contributed by atoms with Crippen LogP contribution in [0.3, 0.4) is 0 Å². The van der Waals surface area contributed by atoms with Gasteiger partial charge in [-0.1, -0.05) is 29.8 Å². The molecule has 1 aromatic carbocycles. The number of aryl methyl sites for hydroxylation is 1. The molecule has 0 aliphatic rings. The Morgan fingerprint density at radius 3 is 2.20 bits per heavy atom. The minimum Gasteiger partial charge on any atom is -0.350 e. The van der Waals surface area contributed by atoms with Crippen molar-refractivity contribution in [3.63, 3.8) is 0 Å². The molecule has 110 valence electrons. The maximum Gasteiger partial charge on any atom is 0.240 e. The molecule has 20 heavy (non-hydrogen) atoms. The molecule has 0 saturated carbocycles. The van der Waals surface area contributed by atoms with Gasteiger partial charge in [0.1, 0.15) is 0 Å². The third kappa shape index (κ3) is 5.87. The van der Waals surface area contributed by atoms with Crippen LogP contribution in [0.25, 0.3) is 0 Å². The molecular weight excluding hydrogens is 252 g/mol. The molecule has 0 aliphatic heterocycles. The van der Waals surface area contributed by atoms with Crippen LogP contribution in [0.2, 0.25) is 0 Å². The molecule has 4 heteroatoms. The predicted molar refractivity (Wildman–Crippen MR) is 80.4 cm³/mol. The molecule has 1 N–H and O–H groups in total. The molecule has 0 aliphatic carbocycles. The monoisotopic (exact) mass is 276 g/mol. The van der Waals surface area contributed by atoms with Crippen LogP contribution in [-0.2, 0) is 16.0 Å². The van der Waals surface area contributed by atoms with E-state index < -0.39 is 0 Å². The summed E-state index contributed by atoms with van der Waals surface area (Å²) in [5, 5.41) is 2.84. The van der Waals surface area contributed by atoms with Crippen LogP contribution in [0.15, 0.2) is 24.3 Å². The van der Waals surface area contributed by atoms with Crippen molar-refractivity contribution in [3.05, 3.63) is 35.4 Å². The summed E-state index contributed by atoms with van der Waals surface area (Å²) in [6.07, 6.45) is 0.319. The molecule has 0 bridgehead atoms. The molecule has 0 saturated heterocycles. The molecule has 1 rings (SSSR count). The van der Waals surface area contributed by atoms with E-state index in [2.05, 4.69) is 5.32 Å². The molecule has 0 radical (unpaired) electrons. The minimum atomic E-state index is -0.280. The SMILES string of the molecule is Cc1ccc(CC(=O)N(C)CC(=O)NC(C)(C)C)cc1. The topological polar surface area (TPSA) is 49.4 Å². The summed E-state index contributed by atoms with van der Waals surface area (Å²) in [7, 11) is 1.65. The zero-order valence-electron chi connectivity index (χ0n) is 13.0. The Balaban J connectivity index is 2.51. The number of hydrogen-bond donors (Lipinski definition) is 1. The number of nitrogens with zero attached hydrogens (tertiary/aromatic N) is 1. The fourth-order valence-electron chi connectivity index (χ4n) is 1.78. The molecule has 0 fully saturated rings. The number of carbonyl (C=O) groups is 2. The molecule has 0 atom stereocenters. The van der Waals surface area contributed by atoms with Gasteiger partial charge in [0.05, 0.1) is 13.0 Å². The van der Waals surface area contributed by atoms with Crippen molar-refractivity contribution in [2.75, 3.05) is 13.6 Å². The molecule has 0 unspecified atom stereocenters. The first-order valence-corrected chi connectivity index (χ1v) is 6.78. The lowest BCUT2D eigenvalue weighted by atomic mass is 10.1. The summed E-state index contributed by atoms with van der Waals surface area (Å²) in [5.74, 6) is -0.199. The smallest absolute Gasteiger partial charge is 0.240 e. The van der Waals surface area contributed by atoms with Gasteiger partial charge >= 0.3 is 0 Å². The second kappa shape index (κ2) is 6.55. The van der Waals surface area contributed by atoms with Crippen molar-refractivity contribution in [2.45, 2.75) is 39.7 Å². The lowest BCUT2D eigenvalue weighted by Gasteiger charge is -2.23. The predicted octanol–water partition coefficient (Wildman–Crippen LogP) is 1.91. The van der Waals surface area contributed by atoms with E-state index >= 15 is 0 Å². The highest BCUT2D eigenvalue weighted by Crippen LogP contribution is 2.05. The van der Waals surface area contributed by atoms with E-state index in [1.54, 1.807) is 7.05 Å². The molecule has 1 aromatic rings. The first-order valence-electron chi connectivity index (χ1n) is 6.78. The molecule has 0 spiro atoms. The Kier molecular flexibility index (Phi) is 5.31. The van der Waals surface area contributed by atoms with Gasteiger partial charge in [0, 0.05) is 12.6 Å². The van der Waals surface area contributed by atoms with Gasteiger partial charge in [0.2, 0.25) is 11.8 Å². The van der Waals surface area contributed by atoms with Gasteiger partial charge in [-0.15, -0.1) is 0 Å². The number of rotatable bonds is 4. The van der Waals surface area contributed by atoms with Crippen molar-refractivity contribution in [1.82, 2.24) is 10.2 Å². The van der Waals surface area contributed by atoms with E-state index in [1.165, 1.54) is 10.5 Å². The van der Waals surface area contributed by atoms with E-state index in [1.807, 2.05) is 52.0 Å². The Bertz CT molecular complexity index is 472. The van der Waals surface area contributed by atoms with Crippen LogP contribution in [0, 0.1) is 6.92 Å². The van der Waals surface area contributed by atoms with Crippen molar-refractivity contribution in [2.24, 2.45) is 0 Å². The highest BCUT2D eigenvalue weighted by atomic mass is 16.2. The summed E-state index contributed by atoms with van der Waals surface area (Å²) in [4.78, 5) is 25.3. The second-order valence-corrected chi connectivity index (χ2v) is 6.21. The van der Waals surface area contributed by atoms with Crippen molar-refractivity contribution in [1.29, 1.82) is 0 Å². The quantitative estimate of drug-likeness (QED) is 0.913. The number of amides is 2. The fraction of sp³-hybridized carbons (Fsp3) is 0.500. The summed E-state index contributed by atoms with van der Waals surface area (Å²) in [6, 6.07) is 7.84. The lowest BCUT2D eigenvalue weighted by Crippen LogP contribution is -2.46. The molecule has 0 heterocycles. The largest absolute Gasteiger partial charge is 0.350 e. The normalized spacial score (nSPS) is 11.1. The van der Waals surface area contributed by atoms with Crippen molar-refractivity contribution < 1.29 is 9.59 Å². The van der Waals surface area contributed by atoms with Gasteiger partial charge in [-0.25, -0.2) is 0 Å². The summed E-state index contributed by atoms with van der Waals surface area (Å²) >= 11 is 0.